The number of phosphoric ester groups is 1. The number of likely N-dealkylation sites (N-methyl/N-ethyl adjacent to an activating group) is 1. The van der Waals surface area contributed by atoms with Gasteiger partial charge in [0.25, 0.3) is 0 Å². The van der Waals surface area contributed by atoms with E-state index in [1.54, 1.807) is 42.8 Å². The first-order chi connectivity index (χ1) is 20.2. The summed E-state index contributed by atoms with van der Waals surface area (Å²) >= 11 is 0. The number of aromatic nitrogens is 2. The number of nitrogens with zero attached hydrogens (tertiary/aromatic N) is 4. The van der Waals surface area contributed by atoms with Gasteiger partial charge in [0.1, 0.15) is 12.4 Å². The first-order valence-electron chi connectivity index (χ1n) is 13.5. The Morgan fingerprint density at radius 3 is 2.50 bits per heavy atom. The van der Waals surface area contributed by atoms with Crippen LogP contribution in [0, 0.1) is 11.3 Å². The maximum Gasteiger partial charge on any atom is 0.476 e. The number of rotatable bonds is 13. The number of hydrogen-bond donors (Lipinski definition) is 1. The SMILES string of the molecule is CCOP(=O)(OCC)OCn1cc(-c2cccc(C#N)c2)c2cc(-c3cccc(NC(=O)C=CCN(C)C)c3)cnc21. The Bertz CT molecular complexity index is 1660. The largest absolute Gasteiger partial charge is 0.476 e. The molecule has 4 rings (SSSR count). The lowest BCUT2D eigenvalue weighted by Gasteiger charge is -2.16. The molecule has 0 aliphatic heterocycles. The lowest BCUT2D eigenvalue weighted by atomic mass is 10.0. The summed E-state index contributed by atoms with van der Waals surface area (Å²) in [5.41, 5.74) is 5.09. The molecule has 0 fully saturated rings. The van der Waals surface area contributed by atoms with Crippen molar-refractivity contribution >= 4 is 30.5 Å². The molecule has 0 atom stereocenters. The first-order valence-corrected chi connectivity index (χ1v) is 15.0. The molecule has 0 unspecified atom stereocenters. The zero-order valence-corrected chi connectivity index (χ0v) is 25.0. The summed E-state index contributed by atoms with van der Waals surface area (Å²) in [6.07, 6.45) is 6.90. The highest BCUT2D eigenvalue weighted by Gasteiger charge is 2.26. The molecule has 2 aromatic heterocycles. The molecule has 218 valence electrons. The molecule has 4 aromatic rings. The van der Waals surface area contributed by atoms with E-state index in [1.165, 1.54) is 6.08 Å². The Kier molecular flexibility index (Phi) is 10.4. The predicted octanol–water partition coefficient (Wildman–Crippen LogP) is 6.45. The third-order valence-electron chi connectivity index (χ3n) is 6.15. The summed E-state index contributed by atoms with van der Waals surface area (Å²) in [6.45, 7) is 4.31. The topological polar surface area (TPSA) is 119 Å². The Morgan fingerprint density at radius 2 is 1.79 bits per heavy atom. The smallest absolute Gasteiger partial charge is 0.323 e. The van der Waals surface area contributed by atoms with Gasteiger partial charge in [-0.1, -0.05) is 30.3 Å². The maximum atomic E-state index is 12.9. The predicted molar refractivity (Wildman–Crippen MR) is 164 cm³/mol. The summed E-state index contributed by atoms with van der Waals surface area (Å²) in [5, 5.41) is 13.2. The van der Waals surface area contributed by atoms with Crippen LogP contribution in [0.5, 0.6) is 0 Å². The maximum absolute atomic E-state index is 12.9. The fourth-order valence-corrected chi connectivity index (χ4v) is 5.43. The van der Waals surface area contributed by atoms with Gasteiger partial charge in [0.2, 0.25) is 5.91 Å². The molecule has 0 aliphatic rings. The van der Waals surface area contributed by atoms with Crippen LogP contribution < -0.4 is 5.32 Å². The Hall–Kier alpha value is -4.10. The van der Waals surface area contributed by atoms with E-state index >= 15 is 0 Å². The van der Waals surface area contributed by atoms with Crippen molar-refractivity contribution in [1.29, 1.82) is 5.26 Å². The van der Waals surface area contributed by atoms with E-state index < -0.39 is 7.82 Å². The van der Waals surface area contributed by atoms with Crippen molar-refractivity contribution in [2.45, 2.75) is 20.6 Å². The van der Waals surface area contributed by atoms with Crippen LogP contribution in [0.4, 0.5) is 5.69 Å². The van der Waals surface area contributed by atoms with Crippen LogP contribution in [0.25, 0.3) is 33.3 Å². The van der Waals surface area contributed by atoms with Crippen molar-refractivity contribution in [1.82, 2.24) is 14.5 Å². The van der Waals surface area contributed by atoms with Crippen molar-refractivity contribution in [3.8, 4) is 28.3 Å². The molecule has 2 aromatic carbocycles. The highest BCUT2D eigenvalue weighted by Crippen LogP contribution is 2.49. The van der Waals surface area contributed by atoms with Gasteiger partial charge in [-0.05, 0) is 69.4 Å². The summed E-state index contributed by atoms with van der Waals surface area (Å²) in [7, 11) is 0.110. The molecule has 11 heteroatoms. The molecule has 2 heterocycles. The fraction of sp³-hybridized carbons (Fsp3) is 0.258. The van der Waals surface area contributed by atoms with Gasteiger partial charge in [0, 0.05) is 47.2 Å². The van der Waals surface area contributed by atoms with Gasteiger partial charge in [-0.2, -0.15) is 5.26 Å². The minimum Gasteiger partial charge on any atom is -0.323 e. The average molecular weight is 588 g/mol. The van der Waals surface area contributed by atoms with Crippen molar-refractivity contribution in [3.05, 3.63) is 84.7 Å². The number of anilines is 1. The molecule has 0 saturated carbocycles. The number of carbonyl (C=O) groups excluding carboxylic acids is 1. The number of amides is 1. The normalized spacial score (nSPS) is 11.8. The molecule has 0 bridgehead atoms. The second-order valence-corrected chi connectivity index (χ2v) is 11.2. The Balaban J connectivity index is 1.71. The molecule has 0 radical (unpaired) electrons. The van der Waals surface area contributed by atoms with Crippen LogP contribution in [0.3, 0.4) is 0 Å². The van der Waals surface area contributed by atoms with Gasteiger partial charge >= 0.3 is 7.82 Å². The second kappa shape index (κ2) is 14.2. The third-order valence-corrected chi connectivity index (χ3v) is 7.73. The molecule has 0 saturated heterocycles. The average Bonchev–Trinajstić information content (AvgIpc) is 3.34. The number of fused-ring (bicyclic) bond motifs is 1. The molecular formula is C31H34N5O5P. The number of nitrogens with one attached hydrogen (secondary N) is 1. The zero-order valence-electron chi connectivity index (χ0n) is 24.1. The minimum absolute atomic E-state index is 0.124. The first kappa shape index (κ1) is 30.8. The van der Waals surface area contributed by atoms with E-state index in [4.69, 9.17) is 18.6 Å². The summed E-state index contributed by atoms with van der Waals surface area (Å²) in [5.74, 6) is -0.212. The van der Waals surface area contributed by atoms with E-state index in [-0.39, 0.29) is 25.9 Å². The molecule has 10 nitrogen and oxygen atoms in total. The quantitative estimate of drug-likeness (QED) is 0.140. The lowest BCUT2D eigenvalue weighted by molar-refractivity contribution is -0.111. The van der Waals surface area contributed by atoms with Crippen LogP contribution in [0.15, 0.2) is 79.1 Å². The van der Waals surface area contributed by atoms with Gasteiger partial charge in [-0.3, -0.25) is 18.4 Å². The fourth-order valence-electron chi connectivity index (χ4n) is 4.31. The standard InChI is InChI=1S/C31H34N5O5P/c1-5-39-42(38,40-6-2)41-22-36-21-29(25-12-7-10-23(16-25)19-32)28-18-26(20-33-31(28)36)24-11-8-13-27(17-24)34-30(37)14-9-15-35(3)4/h7-14,16-18,20-21H,5-6,15,22H2,1-4H3,(H,34,37). The molecule has 1 amide bonds. The van der Waals surface area contributed by atoms with Crippen LogP contribution in [0.2, 0.25) is 0 Å². The van der Waals surface area contributed by atoms with Gasteiger partial charge < -0.3 is 14.8 Å². The van der Waals surface area contributed by atoms with Gasteiger partial charge in [0.05, 0.1) is 24.8 Å². The highest BCUT2D eigenvalue weighted by molar-refractivity contribution is 7.48. The molecule has 0 aliphatic carbocycles. The Morgan fingerprint density at radius 1 is 1.05 bits per heavy atom. The zero-order chi connectivity index (χ0) is 30.1. The van der Waals surface area contributed by atoms with Crippen LogP contribution in [-0.2, 0) is 29.7 Å². The Labute approximate surface area is 245 Å². The molecule has 0 spiro atoms. The minimum atomic E-state index is -3.76. The summed E-state index contributed by atoms with van der Waals surface area (Å²) in [6, 6.07) is 19.0. The van der Waals surface area contributed by atoms with Crippen LogP contribution >= 0.6 is 7.82 Å². The van der Waals surface area contributed by atoms with Gasteiger partial charge in [0.15, 0.2) is 0 Å². The molecule has 1 N–H and O–H groups in total. The van der Waals surface area contributed by atoms with Crippen LogP contribution in [-0.4, -0.2) is 54.2 Å². The van der Waals surface area contributed by atoms with E-state index in [9.17, 15) is 14.6 Å². The number of benzene rings is 2. The number of nitriles is 1. The van der Waals surface area contributed by atoms with Crippen molar-refractivity contribution < 1.29 is 22.9 Å². The lowest BCUT2D eigenvalue weighted by Crippen LogP contribution is -2.12. The summed E-state index contributed by atoms with van der Waals surface area (Å²) in [4.78, 5) is 19.1. The van der Waals surface area contributed by atoms with E-state index in [2.05, 4.69) is 11.4 Å². The second-order valence-electron chi connectivity index (χ2n) is 9.58. The highest BCUT2D eigenvalue weighted by atomic mass is 31.2. The number of carbonyl (C=O) groups is 1. The number of hydrogen-bond acceptors (Lipinski definition) is 8. The summed E-state index contributed by atoms with van der Waals surface area (Å²) < 4.78 is 30.9. The molecular weight excluding hydrogens is 553 g/mol. The van der Waals surface area contributed by atoms with Gasteiger partial charge in [-0.25, -0.2) is 9.55 Å². The van der Waals surface area contributed by atoms with Crippen LogP contribution in [0.1, 0.15) is 19.4 Å². The van der Waals surface area contributed by atoms with Crippen molar-refractivity contribution in [2.75, 3.05) is 39.2 Å². The van der Waals surface area contributed by atoms with Crippen molar-refractivity contribution in [2.24, 2.45) is 0 Å². The molecule has 42 heavy (non-hydrogen) atoms. The van der Waals surface area contributed by atoms with Gasteiger partial charge in [-0.15, -0.1) is 0 Å². The number of phosphoric acid groups is 1. The van der Waals surface area contributed by atoms with E-state index in [0.29, 0.717) is 23.4 Å². The van der Waals surface area contributed by atoms with E-state index in [0.717, 1.165) is 27.6 Å². The monoisotopic (exact) mass is 587 g/mol. The van der Waals surface area contributed by atoms with Crippen molar-refractivity contribution in [3.63, 3.8) is 0 Å². The number of pyridine rings is 1. The van der Waals surface area contributed by atoms with E-state index in [1.807, 2.05) is 67.7 Å². The third kappa shape index (κ3) is 7.79.